The van der Waals surface area contributed by atoms with Crippen LogP contribution in [-0.2, 0) is 7.05 Å². The van der Waals surface area contributed by atoms with E-state index in [0.29, 0.717) is 21.3 Å². The number of rotatable bonds is 2. The van der Waals surface area contributed by atoms with E-state index in [-0.39, 0.29) is 0 Å². The third-order valence-corrected chi connectivity index (χ3v) is 3.59. The Labute approximate surface area is 112 Å². The van der Waals surface area contributed by atoms with Gasteiger partial charge in [-0.25, -0.2) is 9.97 Å². The van der Waals surface area contributed by atoms with Gasteiger partial charge in [0.2, 0.25) is 5.88 Å². The summed E-state index contributed by atoms with van der Waals surface area (Å²) < 4.78 is 7.99. The summed E-state index contributed by atoms with van der Waals surface area (Å²) in [6, 6.07) is 0. The van der Waals surface area contributed by atoms with Crippen LogP contribution in [0.4, 0.5) is 0 Å². The second-order valence-corrected chi connectivity index (χ2v) is 4.66. The summed E-state index contributed by atoms with van der Waals surface area (Å²) in [6.07, 6.45) is 1.35. The maximum absolute atomic E-state index is 5.87. The standard InChI is InChI=1S/C10H10BrClN4O/c1-5-8(6(2)16(3)15-5)17-10-7(11)9(12)13-4-14-10/h4H,1-3H3. The first kappa shape index (κ1) is 12.3. The predicted octanol–water partition coefficient (Wildman–Crippen LogP) is 3.04. The summed E-state index contributed by atoms with van der Waals surface area (Å²) >= 11 is 9.15. The van der Waals surface area contributed by atoms with Gasteiger partial charge in [0.15, 0.2) is 10.9 Å². The summed E-state index contributed by atoms with van der Waals surface area (Å²) in [7, 11) is 1.86. The molecule has 0 aliphatic carbocycles. The molecule has 7 heteroatoms. The number of aryl methyl sites for hydroxylation is 2. The molecule has 0 saturated heterocycles. The smallest absolute Gasteiger partial charge is 0.238 e. The van der Waals surface area contributed by atoms with Crippen LogP contribution < -0.4 is 4.74 Å². The normalized spacial score (nSPS) is 10.6. The third kappa shape index (κ3) is 2.28. The quantitative estimate of drug-likeness (QED) is 0.799. The molecule has 90 valence electrons. The van der Waals surface area contributed by atoms with Crippen molar-refractivity contribution in [3.8, 4) is 11.6 Å². The number of nitrogens with zero attached hydrogens (tertiary/aromatic N) is 4. The molecule has 5 nitrogen and oxygen atoms in total. The Morgan fingerprint density at radius 2 is 2.06 bits per heavy atom. The number of hydrogen-bond acceptors (Lipinski definition) is 4. The van der Waals surface area contributed by atoms with Gasteiger partial charge in [-0.05, 0) is 29.8 Å². The van der Waals surface area contributed by atoms with Crippen molar-refractivity contribution >= 4 is 27.5 Å². The maximum atomic E-state index is 5.87. The Kier molecular flexibility index (Phi) is 3.35. The lowest BCUT2D eigenvalue weighted by Crippen LogP contribution is -1.95. The number of ether oxygens (including phenoxy) is 1. The molecule has 0 aliphatic rings. The number of hydrogen-bond donors (Lipinski definition) is 0. The highest BCUT2D eigenvalue weighted by Crippen LogP contribution is 2.33. The minimum absolute atomic E-state index is 0.314. The van der Waals surface area contributed by atoms with Crippen LogP contribution in [0.1, 0.15) is 11.4 Å². The van der Waals surface area contributed by atoms with Crippen molar-refractivity contribution in [2.75, 3.05) is 0 Å². The van der Waals surface area contributed by atoms with Crippen LogP contribution in [0, 0.1) is 13.8 Å². The van der Waals surface area contributed by atoms with E-state index >= 15 is 0 Å². The summed E-state index contributed by atoms with van der Waals surface area (Å²) in [5.41, 5.74) is 1.72. The fourth-order valence-corrected chi connectivity index (χ4v) is 1.81. The van der Waals surface area contributed by atoms with E-state index in [4.69, 9.17) is 16.3 Å². The molecule has 2 aromatic rings. The maximum Gasteiger partial charge on any atom is 0.238 e. The molecule has 2 rings (SSSR count). The Hall–Kier alpha value is -1.14. The lowest BCUT2D eigenvalue weighted by molar-refractivity contribution is 0.450. The first-order valence-corrected chi connectivity index (χ1v) is 6.02. The molecule has 0 amide bonds. The van der Waals surface area contributed by atoms with Gasteiger partial charge in [0.1, 0.15) is 16.5 Å². The van der Waals surface area contributed by atoms with Gasteiger partial charge in [-0.1, -0.05) is 11.6 Å². The van der Waals surface area contributed by atoms with E-state index in [1.807, 2.05) is 20.9 Å². The fraction of sp³-hybridized carbons (Fsp3) is 0.300. The summed E-state index contributed by atoms with van der Waals surface area (Å²) in [5, 5.41) is 4.57. The predicted molar refractivity (Wildman–Crippen MR) is 67.5 cm³/mol. The van der Waals surface area contributed by atoms with Crippen LogP contribution in [-0.4, -0.2) is 19.7 Å². The van der Waals surface area contributed by atoms with Gasteiger partial charge in [0.05, 0.1) is 5.69 Å². The van der Waals surface area contributed by atoms with Crippen LogP contribution in [0.25, 0.3) is 0 Å². The van der Waals surface area contributed by atoms with Gasteiger partial charge >= 0.3 is 0 Å². The van der Waals surface area contributed by atoms with Gasteiger partial charge in [-0.15, -0.1) is 0 Å². The van der Waals surface area contributed by atoms with Crippen LogP contribution >= 0.6 is 27.5 Å². The van der Waals surface area contributed by atoms with E-state index in [9.17, 15) is 0 Å². The molecule has 0 N–H and O–H groups in total. The molecule has 0 aromatic carbocycles. The minimum Gasteiger partial charge on any atom is -0.434 e. The SMILES string of the molecule is Cc1nn(C)c(C)c1Oc1ncnc(Cl)c1Br. The Morgan fingerprint density at radius 1 is 1.35 bits per heavy atom. The van der Waals surface area contributed by atoms with E-state index in [1.165, 1.54) is 6.33 Å². The van der Waals surface area contributed by atoms with Gasteiger partial charge in [0.25, 0.3) is 0 Å². The first-order chi connectivity index (χ1) is 8.00. The molecule has 0 saturated carbocycles. The zero-order valence-electron chi connectivity index (χ0n) is 9.53. The number of aromatic nitrogens is 4. The molecule has 0 bridgehead atoms. The van der Waals surface area contributed by atoms with Crippen molar-refractivity contribution in [1.29, 1.82) is 0 Å². The van der Waals surface area contributed by atoms with Crippen LogP contribution in [0.2, 0.25) is 5.15 Å². The molecule has 0 unspecified atom stereocenters. The van der Waals surface area contributed by atoms with Gasteiger partial charge in [-0.2, -0.15) is 5.10 Å². The highest BCUT2D eigenvalue weighted by Gasteiger charge is 2.15. The second-order valence-electron chi connectivity index (χ2n) is 3.51. The Balaban J connectivity index is 2.41. The van der Waals surface area contributed by atoms with Crippen LogP contribution in [0.5, 0.6) is 11.6 Å². The monoisotopic (exact) mass is 316 g/mol. The lowest BCUT2D eigenvalue weighted by Gasteiger charge is -2.06. The van der Waals surface area contributed by atoms with E-state index in [2.05, 4.69) is 31.0 Å². The molecule has 0 spiro atoms. The van der Waals surface area contributed by atoms with E-state index in [0.717, 1.165) is 11.4 Å². The average Bonchev–Trinajstić information content (AvgIpc) is 2.51. The Bertz CT molecular complexity index is 570. The largest absolute Gasteiger partial charge is 0.434 e. The molecule has 2 heterocycles. The second kappa shape index (κ2) is 4.62. The fourth-order valence-electron chi connectivity index (χ4n) is 1.40. The molecule has 0 atom stereocenters. The van der Waals surface area contributed by atoms with Crippen molar-refractivity contribution < 1.29 is 4.74 Å². The molecule has 0 radical (unpaired) electrons. The Morgan fingerprint density at radius 3 is 2.65 bits per heavy atom. The van der Waals surface area contributed by atoms with Crippen molar-refractivity contribution in [2.24, 2.45) is 7.05 Å². The van der Waals surface area contributed by atoms with Crippen LogP contribution in [0.15, 0.2) is 10.8 Å². The van der Waals surface area contributed by atoms with E-state index < -0.39 is 0 Å². The summed E-state index contributed by atoms with van der Waals surface area (Å²) in [4.78, 5) is 7.86. The molecule has 17 heavy (non-hydrogen) atoms. The first-order valence-electron chi connectivity index (χ1n) is 4.84. The average molecular weight is 318 g/mol. The molecular weight excluding hydrogens is 307 g/mol. The highest BCUT2D eigenvalue weighted by atomic mass is 79.9. The van der Waals surface area contributed by atoms with E-state index in [1.54, 1.807) is 4.68 Å². The van der Waals surface area contributed by atoms with Gasteiger partial charge < -0.3 is 4.74 Å². The van der Waals surface area contributed by atoms with Crippen molar-refractivity contribution in [3.63, 3.8) is 0 Å². The third-order valence-electron chi connectivity index (χ3n) is 2.36. The van der Waals surface area contributed by atoms with Gasteiger partial charge in [0, 0.05) is 7.05 Å². The molecule has 2 aromatic heterocycles. The number of halogens is 2. The molecule has 0 aliphatic heterocycles. The van der Waals surface area contributed by atoms with Crippen molar-refractivity contribution in [2.45, 2.75) is 13.8 Å². The molecular formula is C10H10BrClN4O. The van der Waals surface area contributed by atoms with Crippen molar-refractivity contribution in [3.05, 3.63) is 27.3 Å². The zero-order chi connectivity index (χ0) is 12.6. The molecule has 0 fully saturated rings. The summed E-state index contributed by atoms with van der Waals surface area (Å²) in [5.74, 6) is 1.06. The van der Waals surface area contributed by atoms with Crippen LogP contribution in [0.3, 0.4) is 0 Å². The highest BCUT2D eigenvalue weighted by molar-refractivity contribution is 9.10. The van der Waals surface area contributed by atoms with Crippen molar-refractivity contribution in [1.82, 2.24) is 19.7 Å². The zero-order valence-corrected chi connectivity index (χ0v) is 11.9. The summed E-state index contributed by atoms with van der Waals surface area (Å²) in [6.45, 7) is 3.80. The topological polar surface area (TPSA) is 52.8 Å². The lowest BCUT2D eigenvalue weighted by atomic mass is 10.3. The minimum atomic E-state index is 0.314. The van der Waals surface area contributed by atoms with Gasteiger partial charge in [-0.3, -0.25) is 4.68 Å².